The molecule has 1 N–H and O–H groups in total. The number of hydrogen-bond donors (Lipinski definition) is 1. The van der Waals surface area contributed by atoms with Gasteiger partial charge in [0.1, 0.15) is 0 Å². The molecule has 2 nitrogen and oxygen atoms in total. The number of alkyl halides is 3. The Bertz CT molecular complexity index is 308. The van der Waals surface area contributed by atoms with Crippen molar-refractivity contribution >= 4 is 0 Å². The molecular weight excluding hydrogens is 279 g/mol. The molecule has 2 atom stereocenters. The molecule has 1 spiro atoms. The van der Waals surface area contributed by atoms with E-state index in [0.717, 1.165) is 32.2 Å². The first-order chi connectivity index (χ1) is 9.94. The largest absolute Gasteiger partial charge is 0.389 e. The second kappa shape index (κ2) is 7.32. The molecule has 0 aromatic rings. The second-order valence-corrected chi connectivity index (χ2v) is 6.66. The van der Waals surface area contributed by atoms with Crippen molar-refractivity contribution in [1.29, 1.82) is 0 Å². The highest BCUT2D eigenvalue weighted by Gasteiger charge is 2.41. The van der Waals surface area contributed by atoms with Crippen LogP contribution in [0.2, 0.25) is 0 Å². The normalized spacial score (nSPS) is 27.7. The molecule has 0 aromatic carbocycles. The Hall–Kier alpha value is -0.290. The fraction of sp³-hybridized carbons (Fsp3) is 1.00. The van der Waals surface area contributed by atoms with E-state index >= 15 is 0 Å². The minimum atomic E-state index is -4.05. The third-order valence-electron chi connectivity index (χ3n) is 5.07. The first-order valence-corrected chi connectivity index (χ1v) is 8.38. The fourth-order valence-electron chi connectivity index (χ4n) is 4.04. The maximum absolute atomic E-state index is 12.5. The standard InChI is InChI=1S/C16H28F3NO/c1-2-20-14(6-10-16(17,18)19)13-7-11-21-15(12-13)8-4-3-5-9-15/h13-14,20H,2-12H2,1H3. The Morgan fingerprint density at radius 1 is 1.24 bits per heavy atom. The van der Waals surface area contributed by atoms with Crippen LogP contribution in [0, 0.1) is 5.92 Å². The highest BCUT2D eigenvalue weighted by Crippen LogP contribution is 2.42. The zero-order chi connectivity index (χ0) is 15.3. The molecule has 2 rings (SSSR count). The second-order valence-electron chi connectivity index (χ2n) is 6.66. The van der Waals surface area contributed by atoms with E-state index in [0.29, 0.717) is 12.5 Å². The van der Waals surface area contributed by atoms with E-state index in [-0.39, 0.29) is 18.1 Å². The summed E-state index contributed by atoms with van der Waals surface area (Å²) in [4.78, 5) is 0. The molecule has 0 aromatic heterocycles. The summed E-state index contributed by atoms with van der Waals surface area (Å²) in [5.41, 5.74) is -0.0347. The van der Waals surface area contributed by atoms with E-state index < -0.39 is 12.6 Å². The molecule has 1 heterocycles. The van der Waals surface area contributed by atoms with Crippen molar-refractivity contribution in [3.8, 4) is 0 Å². The Kier molecular flexibility index (Phi) is 5.95. The Morgan fingerprint density at radius 3 is 2.57 bits per heavy atom. The van der Waals surface area contributed by atoms with Crippen molar-refractivity contribution in [2.24, 2.45) is 5.92 Å². The van der Waals surface area contributed by atoms with Crippen LogP contribution in [0.25, 0.3) is 0 Å². The van der Waals surface area contributed by atoms with Crippen molar-refractivity contribution in [2.45, 2.75) is 82.5 Å². The van der Waals surface area contributed by atoms with Crippen LogP contribution >= 0.6 is 0 Å². The molecule has 0 bridgehead atoms. The van der Waals surface area contributed by atoms with Crippen LogP contribution < -0.4 is 5.32 Å². The van der Waals surface area contributed by atoms with Gasteiger partial charge in [-0.3, -0.25) is 0 Å². The number of ether oxygens (including phenoxy) is 1. The summed E-state index contributed by atoms with van der Waals surface area (Å²) in [6.07, 6.45) is 3.10. The SMILES string of the molecule is CCNC(CCC(F)(F)F)C1CCOC2(CCCCC2)C1. The molecule has 2 aliphatic rings. The van der Waals surface area contributed by atoms with Gasteiger partial charge in [0.05, 0.1) is 5.60 Å². The zero-order valence-electron chi connectivity index (χ0n) is 13.0. The van der Waals surface area contributed by atoms with Crippen molar-refractivity contribution < 1.29 is 17.9 Å². The molecule has 1 saturated heterocycles. The number of rotatable bonds is 5. The molecule has 124 valence electrons. The van der Waals surface area contributed by atoms with Crippen molar-refractivity contribution in [3.05, 3.63) is 0 Å². The summed E-state index contributed by atoms with van der Waals surface area (Å²) in [6, 6.07) is -0.0284. The molecular formula is C16H28F3NO. The Labute approximate surface area is 125 Å². The average Bonchev–Trinajstić information content (AvgIpc) is 2.43. The summed E-state index contributed by atoms with van der Waals surface area (Å²) < 4.78 is 43.6. The highest BCUT2D eigenvalue weighted by molar-refractivity contribution is 4.93. The Balaban J connectivity index is 1.95. The number of halogens is 3. The Morgan fingerprint density at radius 2 is 1.95 bits per heavy atom. The van der Waals surface area contributed by atoms with Crippen LogP contribution in [-0.2, 0) is 4.74 Å². The third-order valence-corrected chi connectivity index (χ3v) is 5.07. The lowest BCUT2D eigenvalue weighted by Gasteiger charge is -2.45. The van der Waals surface area contributed by atoms with Crippen LogP contribution in [-0.4, -0.2) is 31.0 Å². The van der Waals surface area contributed by atoms with Crippen molar-refractivity contribution in [2.75, 3.05) is 13.2 Å². The van der Waals surface area contributed by atoms with Crippen LogP contribution in [0.3, 0.4) is 0 Å². The van der Waals surface area contributed by atoms with E-state index in [1.54, 1.807) is 0 Å². The molecule has 0 radical (unpaired) electrons. The molecule has 21 heavy (non-hydrogen) atoms. The summed E-state index contributed by atoms with van der Waals surface area (Å²) >= 11 is 0. The van der Waals surface area contributed by atoms with Crippen molar-refractivity contribution in [1.82, 2.24) is 5.32 Å². The number of nitrogens with one attached hydrogen (secondary N) is 1. The average molecular weight is 307 g/mol. The summed E-state index contributed by atoms with van der Waals surface area (Å²) in [6.45, 7) is 3.40. The maximum atomic E-state index is 12.5. The molecule has 0 amide bonds. The first kappa shape index (κ1) is 17.1. The van der Waals surface area contributed by atoms with Crippen molar-refractivity contribution in [3.63, 3.8) is 0 Å². The molecule has 2 unspecified atom stereocenters. The highest BCUT2D eigenvalue weighted by atomic mass is 19.4. The van der Waals surface area contributed by atoms with E-state index in [1.165, 1.54) is 19.3 Å². The van der Waals surface area contributed by atoms with Gasteiger partial charge in [-0.2, -0.15) is 13.2 Å². The zero-order valence-corrected chi connectivity index (χ0v) is 13.0. The van der Waals surface area contributed by atoms with Gasteiger partial charge in [-0.1, -0.05) is 26.2 Å². The smallest absolute Gasteiger partial charge is 0.375 e. The monoisotopic (exact) mass is 307 g/mol. The van der Waals surface area contributed by atoms with E-state index in [9.17, 15) is 13.2 Å². The number of hydrogen-bond acceptors (Lipinski definition) is 2. The topological polar surface area (TPSA) is 21.3 Å². The van der Waals surface area contributed by atoms with Gasteiger partial charge in [0.15, 0.2) is 0 Å². The van der Waals surface area contributed by atoms with Crippen LogP contribution in [0.15, 0.2) is 0 Å². The predicted octanol–water partition coefficient (Wildman–Crippen LogP) is 4.44. The molecule has 5 heteroatoms. The fourth-order valence-corrected chi connectivity index (χ4v) is 4.04. The van der Waals surface area contributed by atoms with Crippen LogP contribution in [0.1, 0.15) is 64.7 Å². The van der Waals surface area contributed by atoms with Gasteiger partial charge in [-0.15, -0.1) is 0 Å². The summed E-state index contributed by atoms with van der Waals surface area (Å²) in [7, 11) is 0. The van der Waals surface area contributed by atoms with E-state index in [2.05, 4.69) is 5.32 Å². The van der Waals surface area contributed by atoms with Gasteiger partial charge < -0.3 is 10.1 Å². The maximum Gasteiger partial charge on any atom is 0.389 e. The lowest BCUT2D eigenvalue weighted by molar-refractivity contribution is -0.142. The lowest BCUT2D eigenvalue weighted by Crippen LogP contribution is -2.48. The summed E-state index contributed by atoms with van der Waals surface area (Å²) in [5, 5.41) is 3.29. The summed E-state index contributed by atoms with van der Waals surface area (Å²) in [5.74, 6) is 0.319. The van der Waals surface area contributed by atoms with E-state index in [4.69, 9.17) is 4.74 Å². The predicted molar refractivity (Wildman–Crippen MR) is 77.2 cm³/mol. The van der Waals surface area contributed by atoms with Crippen LogP contribution in [0.5, 0.6) is 0 Å². The van der Waals surface area contributed by atoms with Gasteiger partial charge in [-0.05, 0) is 44.6 Å². The van der Waals surface area contributed by atoms with Gasteiger partial charge in [0, 0.05) is 19.1 Å². The molecule has 1 aliphatic carbocycles. The molecule has 1 saturated carbocycles. The quantitative estimate of drug-likeness (QED) is 0.811. The van der Waals surface area contributed by atoms with Gasteiger partial charge >= 0.3 is 6.18 Å². The van der Waals surface area contributed by atoms with Crippen LogP contribution in [0.4, 0.5) is 13.2 Å². The molecule has 1 aliphatic heterocycles. The minimum absolute atomic E-state index is 0.0284. The van der Waals surface area contributed by atoms with Gasteiger partial charge in [-0.25, -0.2) is 0 Å². The van der Waals surface area contributed by atoms with E-state index in [1.807, 2.05) is 6.92 Å². The first-order valence-electron chi connectivity index (χ1n) is 8.38. The van der Waals surface area contributed by atoms with Gasteiger partial charge in [0.2, 0.25) is 0 Å². The lowest BCUT2D eigenvalue weighted by atomic mass is 9.73. The van der Waals surface area contributed by atoms with Gasteiger partial charge in [0.25, 0.3) is 0 Å². The molecule has 2 fully saturated rings. The minimum Gasteiger partial charge on any atom is -0.375 e. The third kappa shape index (κ3) is 5.13.